The maximum Gasteiger partial charge on any atom is 0.255 e. The first kappa shape index (κ1) is 17.6. The van der Waals surface area contributed by atoms with Gasteiger partial charge >= 0.3 is 0 Å². The molecule has 130 valence electrons. The largest absolute Gasteiger partial charge is 0.323 e. The minimum absolute atomic E-state index is 0.159. The first-order chi connectivity index (χ1) is 12.5. The lowest BCUT2D eigenvalue weighted by Gasteiger charge is -2.21. The number of hydrogen-bond donors (Lipinski definition) is 0. The summed E-state index contributed by atoms with van der Waals surface area (Å²) in [5.41, 5.74) is 4.00. The third-order valence-electron chi connectivity index (χ3n) is 4.18. The molecular weight excluding hydrogens is 327 g/mol. The van der Waals surface area contributed by atoms with Crippen LogP contribution in [0.2, 0.25) is 0 Å². The standard InChI is InChI=1S/C22H19FN2O/c1-4-11-25(14-17-6-8-18(23)9-7-17)22(26)20-13-16(3)24-21-10-5-15(2)12-19(20)21/h1,5-10,12-13H,11,14H2,2-3H3. The molecule has 3 nitrogen and oxygen atoms in total. The SMILES string of the molecule is C#CCN(Cc1ccc(F)cc1)C(=O)c1cc(C)nc2ccc(C)cc12. The van der Waals surface area contributed by atoms with Gasteiger partial charge in [-0.1, -0.05) is 29.7 Å². The number of hydrogen-bond acceptors (Lipinski definition) is 2. The Morgan fingerprint density at radius 2 is 1.88 bits per heavy atom. The quantitative estimate of drug-likeness (QED) is 0.661. The smallest absolute Gasteiger partial charge is 0.255 e. The van der Waals surface area contributed by atoms with Crippen molar-refractivity contribution in [3.05, 3.63) is 76.7 Å². The van der Waals surface area contributed by atoms with Crippen LogP contribution >= 0.6 is 0 Å². The maximum atomic E-state index is 13.2. The number of halogens is 1. The summed E-state index contributed by atoms with van der Waals surface area (Å²) in [7, 11) is 0. The molecule has 0 fully saturated rings. The number of pyridine rings is 1. The number of carbonyl (C=O) groups is 1. The average Bonchev–Trinajstić information content (AvgIpc) is 2.62. The molecule has 0 aliphatic carbocycles. The van der Waals surface area contributed by atoms with Crippen molar-refractivity contribution in [3.8, 4) is 12.3 Å². The third-order valence-corrected chi connectivity index (χ3v) is 4.18. The number of fused-ring (bicyclic) bond motifs is 1. The van der Waals surface area contributed by atoms with E-state index in [4.69, 9.17) is 6.42 Å². The van der Waals surface area contributed by atoms with Gasteiger partial charge in [0.15, 0.2) is 0 Å². The van der Waals surface area contributed by atoms with Crippen molar-refractivity contribution in [2.24, 2.45) is 0 Å². The molecule has 0 aliphatic rings. The summed E-state index contributed by atoms with van der Waals surface area (Å²) in [6, 6.07) is 13.7. The molecule has 0 radical (unpaired) electrons. The number of aromatic nitrogens is 1. The fourth-order valence-corrected chi connectivity index (χ4v) is 2.94. The highest BCUT2D eigenvalue weighted by Crippen LogP contribution is 2.22. The summed E-state index contributed by atoms with van der Waals surface area (Å²) < 4.78 is 13.1. The van der Waals surface area contributed by atoms with Gasteiger partial charge in [0.2, 0.25) is 0 Å². The van der Waals surface area contributed by atoms with Gasteiger partial charge in [-0.15, -0.1) is 6.42 Å². The summed E-state index contributed by atoms with van der Waals surface area (Å²) in [5, 5.41) is 0.807. The zero-order valence-electron chi connectivity index (χ0n) is 14.8. The van der Waals surface area contributed by atoms with Crippen LogP contribution < -0.4 is 0 Å². The molecule has 26 heavy (non-hydrogen) atoms. The number of amides is 1. The molecule has 0 aliphatic heterocycles. The fourth-order valence-electron chi connectivity index (χ4n) is 2.94. The molecule has 0 unspecified atom stereocenters. The molecular formula is C22H19FN2O. The summed E-state index contributed by atoms with van der Waals surface area (Å²) in [5.74, 6) is 2.07. The molecule has 1 aromatic heterocycles. The molecule has 4 heteroatoms. The van der Waals surface area contributed by atoms with Gasteiger partial charge in [0, 0.05) is 17.6 Å². The third kappa shape index (κ3) is 3.73. The van der Waals surface area contributed by atoms with Gasteiger partial charge in [0.25, 0.3) is 5.91 Å². The number of aryl methyl sites for hydroxylation is 2. The summed E-state index contributed by atoms with van der Waals surface area (Å²) >= 11 is 0. The molecule has 1 amide bonds. The van der Waals surface area contributed by atoms with Crippen LogP contribution in [0.1, 0.15) is 27.2 Å². The highest BCUT2D eigenvalue weighted by atomic mass is 19.1. The molecule has 3 rings (SSSR count). The van der Waals surface area contributed by atoms with E-state index in [2.05, 4.69) is 10.9 Å². The first-order valence-electron chi connectivity index (χ1n) is 8.33. The van der Waals surface area contributed by atoms with E-state index in [-0.39, 0.29) is 18.3 Å². The second-order valence-corrected chi connectivity index (χ2v) is 6.32. The van der Waals surface area contributed by atoms with Crippen molar-refractivity contribution in [1.82, 2.24) is 9.88 Å². The van der Waals surface area contributed by atoms with Crippen molar-refractivity contribution < 1.29 is 9.18 Å². The van der Waals surface area contributed by atoms with Gasteiger partial charge in [-0.25, -0.2) is 4.39 Å². The second kappa shape index (κ2) is 7.37. The van der Waals surface area contributed by atoms with Gasteiger partial charge < -0.3 is 4.90 Å². The Morgan fingerprint density at radius 1 is 1.15 bits per heavy atom. The normalized spacial score (nSPS) is 10.5. The molecule has 0 atom stereocenters. The Hall–Kier alpha value is -3.19. The number of nitrogens with zero attached hydrogens (tertiary/aromatic N) is 2. The van der Waals surface area contributed by atoms with Crippen LogP contribution in [0.3, 0.4) is 0 Å². The van der Waals surface area contributed by atoms with Crippen LogP contribution in [0.5, 0.6) is 0 Å². The van der Waals surface area contributed by atoms with E-state index in [0.29, 0.717) is 12.1 Å². The van der Waals surface area contributed by atoms with Crippen molar-refractivity contribution in [2.45, 2.75) is 20.4 Å². The summed E-state index contributed by atoms with van der Waals surface area (Å²) in [4.78, 5) is 19.3. The Morgan fingerprint density at radius 3 is 2.58 bits per heavy atom. The number of benzene rings is 2. The lowest BCUT2D eigenvalue weighted by molar-refractivity contribution is 0.0767. The zero-order valence-corrected chi connectivity index (χ0v) is 14.8. The Bertz CT molecular complexity index is 1000. The fraction of sp³-hybridized carbons (Fsp3) is 0.182. The molecule has 0 bridgehead atoms. The summed E-state index contributed by atoms with van der Waals surface area (Å²) in [6.45, 7) is 4.33. The molecule has 3 aromatic rings. The minimum Gasteiger partial charge on any atom is -0.323 e. The van der Waals surface area contributed by atoms with Crippen molar-refractivity contribution in [1.29, 1.82) is 0 Å². The van der Waals surface area contributed by atoms with Gasteiger partial charge in [-0.3, -0.25) is 9.78 Å². The van der Waals surface area contributed by atoms with E-state index in [0.717, 1.165) is 27.7 Å². The average molecular weight is 346 g/mol. The van der Waals surface area contributed by atoms with Crippen molar-refractivity contribution in [3.63, 3.8) is 0 Å². The van der Waals surface area contributed by atoms with Crippen molar-refractivity contribution in [2.75, 3.05) is 6.54 Å². The molecule has 0 saturated heterocycles. The number of carbonyl (C=O) groups excluding carboxylic acids is 1. The Labute approximate surface area is 152 Å². The van der Waals surface area contributed by atoms with E-state index in [1.54, 1.807) is 23.1 Å². The lowest BCUT2D eigenvalue weighted by Crippen LogP contribution is -2.31. The van der Waals surface area contributed by atoms with Crippen LogP contribution in [0.15, 0.2) is 48.5 Å². The van der Waals surface area contributed by atoms with Crippen molar-refractivity contribution >= 4 is 16.8 Å². The van der Waals surface area contributed by atoms with Gasteiger partial charge in [-0.2, -0.15) is 0 Å². The van der Waals surface area contributed by atoms with E-state index in [9.17, 15) is 9.18 Å². The zero-order chi connectivity index (χ0) is 18.7. The molecule has 1 heterocycles. The Kier molecular flexibility index (Phi) is 4.99. The lowest BCUT2D eigenvalue weighted by atomic mass is 10.0. The van der Waals surface area contributed by atoms with Crippen LogP contribution in [-0.4, -0.2) is 22.3 Å². The maximum absolute atomic E-state index is 13.2. The van der Waals surface area contributed by atoms with E-state index < -0.39 is 0 Å². The minimum atomic E-state index is -0.310. The first-order valence-corrected chi connectivity index (χ1v) is 8.33. The van der Waals surface area contributed by atoms with Crippen LogP contribution in [-0.2, 0) is 6.54 Å². The molecule has 0 spiro atoms. The van der Waals surface area contributed by atoms with Gasteiger partial charge in [0.1, 0.15) is 5.82 Å². The molecule has 2 aromatic carbocycles. The number of rotatable bonds is 4. The number of terminal acetylenes is 1. The van der Waals surface area contributed by atoms with Crippen LogP contribution in [0.25, 0.3) is 10.9 Å². The summed E-state index contributed by atoms with van der Waals surface area (Å²) in [6.07, 6.45) is 5.47. The topological polar surface area (TPSA) is 33.2 Å². The predicted octanol–water partition coefficient (Wildman–Crippen LogP) is 4.27. The van der Waals surface area contributed by atoms with E-state index in [1.807, 2.05) is 32.0 Å². The second-order valence-electron chi connectivity index (χ2n) is 6.32. The van der Waals surface area contributed by atoms with Crippen LogP contribution in [0, 0.1) is 32.0 Å². The highest BCUT2D eigenvalue weighted by molar-refractivity contribution is 6.06. The van der Waals surface area contributed by atoms with E-state index >= 15 is 0 Å². The molecule has 0 saturated carbocycles. The van der Waals surface area contributed by atoms with Gasteiger partial charge in [-0.05, 0) is 49.7 Å². The molecule has 0 N–H and O–H groups in total. The Balaban J connectivity index is 2.02. The van der Waals surface area contributed by atoms with Gasteiger partial charge in [0.05, 0.1) is 17.6 Å². The highest BCUT2D eigenvalue weighted by Gasteiger charge is 2.19. The van der Waals surface area contributed by atoms with E-state index in [1.165, 1.54) is 12.1 Å². The predicted molar refractivity (Wildman–Crippen MR) is 101 cm³/mol. The monoisotopic (exact) mass is 346 g/mol. The van der Waals surface area contributed by atoms with Crippen LogP contribution in [0.4, 0.5) is 4.39 Å².